The number of halogens is 1. The van der Waals surface area contributed by atoms with E-state index in [1.54, 1.807) is 7.05 Å². The van der Waals surface area contributed by atoms with Crippen LogP contribution in [0, 0.1) is 0 Å². The van der Waals surface area contributed by atoms with Gasteiger partial charge in [-0.3, -0.25) is 0 Å². The molecule has 0 aromatic carbocycles. The molecule has 0 aromatic heterocycles. The average Bonchev–Trinajstić information content (AvgIpc) is 2.03. The van der Waals surface area contributed by atoms with E-state index >= 15 is 0 Å². The van der Waals surface area contributed by atoms with Crippen molar-refractivity contribution in [2.45, 2.75) is 20.0 Å². The number of ether oxygens (including phenoxy) is 1. The fraction of sp³-hybridized carbons (Fsp3) is 1.00. The standard InChI is InChI=1S/C7H16BrNO3S/c1-7(2)12-5-4-9(3)13(10,11)6-8/h7H,4-6H2,1-3H3. The van der Waals surface area contributed by atoms with Crippen molar-refractivity contribution in [3.8, 4) is 0 Å². The van der Waals surface area contributed by atoms with Crippen LogP contribution in [0.5, 0.6) is 0 Å². The number of rotatable bonds is 6. The molecule has 0 atom stereocenters. The molecule has 4 nitrogen and oxygen atoms in total. The second-order valence-corrected chi connectivity index (χ2v) is 6.34. The highest BCUT2D eigenvalue weighted by atomic mass is 79.9. The summed E-state index contributed by atoms with van der Waals surface area (Å²) in [5.74, 6) is 0. The molecule has 0 aromatic rings. The minimum Gasteiger partial charge on any atom is -0.377 e. The lowest BCUT2D eigenvalue weighted by Gasteiger charge is -2.16. The summed E-state index contributed by atoms with van der Waals surface area (Å²) in [5.41, 5.74) is 0. The van der Waals surface area contributed by atoms with Crippen LogP contribution in [0.25, 0.3) is 0 Å². The van der Waals surface area contributed by atoms with E-state index in [9.17, 15) is 8.42 Å². The summed E-state index contributed by atoms with van der Waals surface area (Å²) in [5, 5.41) is 0. The van der Waals surface area contributed by atoms with Crippen LogP contribution in [0.4, 0.5) is 0 Å². The minimum atomic E-state index is -3.13. The molecule has 0 unspecified atom stereocenters. The third-order valence-electron chi connectivity index (χ3n) is 1.47. The highest BCUT2D eigenvalue weighted by molar-refractivity contribution is 9.10. The van der Waals surface area contributed by atoms with Crippen molar-refractivity contribution in [3.63, 3.8) is 0 Å². The summed E-state index contributed by atoms with van der Waals surface area (Å²) >= 11 is 2.92. The second kappa shape index (κ2) is 5.95. The summed E-state index contributed by atoms with van der Waals surface area (Å²) in [6.07, 6.45) is 0.139. The molecule has 0 fully saturated rings. The number of sulfonamides is 1. The smallest absolute Gasteiger partial charge is 0.223 e. The normalized spacial score (nSPS) is 12.8. The lowest BCUT2D eigenvalue weighted by atomic mass is 10.5. The fourth-order valence-corrected chi connectivity index (χ4v) is 2.21. The Morgan fingerprint density at radius 1 is 1.46 bits per heavy atom. The van der Waals surface area contributed by atoms with Gasteiger partial charge in [-0.2, -0.15) is 0 Å². The topological polar surface area (TPSA) is 46.6 Å². The van der Waals surface area contributed by atoms with Gasteiger partial charge in [0.25, 0.3) is 0 Å². The number of hydrogen-bond acceptors (Lipinski definition) is 3. The zero-order valence-electron chi connectivity index (χ0n) is 8.16. The van der Waals surface area contributed by atoms with Gasteiger partial charge in [-0.25, -0.2) is 12.7 Å². The number of hydrogen-bond donors (Lipinski definition) is 0. The van der Waals surface area contributed by atoms with Gasteiger partial charge in [0, 0.05) is 13.6 Å². The van der Waals surface area contributed by atoms with E-state index in [0.717, 1.165) is 0 Å². The van der Waals surface area contributed by atoms with Gasteiger partial charge in [0.2, 0.25) is 10.0 Å². The highest BCUT2D eigenvalue weighted by Crippen LogP contribution is 2.01. The van der Waals surface area contributed by atoms with E-state index in [1.807, 2.05) is 13.8 Å². The average molecular weight is 274 g/mol. The number of likely N-dealkylation sites (N-methyl/N-ethyl adjacent to an activating group) is 1. The number of nitrogens with zero attached hydrogens (tertiary/aromatic N) is 1. The molecule has 0 bridgehead atoms. The van der Waals surface area contributed by atoms with E-state index in [-0.39, 0.29) is 10.8 Å². The molecule has 0 N–H and O–H groups in total. The van der Waals surface area contributed by atoms with Crippen molar-refractivity contribution in [3.05, 3.63) is 0 Å². The molecule has 80 valence electrons. The van der Waals surface area contributed by atoms with Gasteiger partial charge < -0.3 is 4.74 Å². The third kappa shape index (κ3) is 5.61. The Labute approximate surface area is 88.4 Å². The van der Waals surface area contributed by atoms with E-state index in [1.165, 1.54) is 4.31 Å². The maximum Gasteiger partial charge on any atom is 0.223 e. The lowest BCUT2D eigenvalue weighted by molar-refractivity contribution is 0.0737. The molecular weight excluding hydrogens is 258 g/mol. The molecular formula is C7H16BrNO3S. The van der Waals surface area contributed by atoms with Crippen LogP contribution in [-0.2, 0) is 14.8 Å². The quantitative estimate of drug-likeness (QED) is 0.679. The summed E-state index contributed by atoms with van der Waals surface area (Å²) in [7, 11) is -1.58. The summed E-state index contributed by atoms with van der Waals surface area (Å²) in [4.78, 5) is 0. The molecule has 6 heteroatoms. The van der Waals surface area contributed by atoms with Crippen molar-refractivity contribution in [2.75, 3.05) is 24.9 Å². The Balaban J connectivity index is 3.82. The van der Waals surface area contributed by atoms with Gasteiger partial charge in [-0.15, -0.1) is 0 Å². The molecule has 0 aliphatic rings. The SMILES string of the molecule is CC(C)OCCN(C)S(=O)(=O)CBr. The monoisotopic (exact) mass is 273 g/mol. The van der Waals surface area contributed by atoms with Crippen molar-refractivity contribution in [1.82, 2.24) is 4.31 Å². The first-order valence-corrected chi connectivity index (χ1v) is 6.74. The van der Waals surface area contributed by atoms with Gasteiger partial charge in [-0.05, 0) is 13.8 Å². The van der Waals surface area contributed by atoms with E-state index in [2.05, 4.69) is 15.9 Å². The summed E-state index contributed by atoms with van der Waals surface area (Å²) < 4.78 is 28.9. The Bertz CT molecular complexity index is 228. The van der Waals surface area contributed by atoms with Crippen LogP contribution >= 0.6 is 15.9 Å². The van der Waals surface area contributed by atoms with Crippen molar-refractivity contribution < 1.29 is 13.2 Å². The van der Waals surface area contributed by atoms with E-state index < -0.39 is 10.0 Å². The van der Waals surface area contributed by atoms with E-state index in [0.29, 0.717) is 13.2 Å². The molecule has 0 aliphatic carbocycles. The first-order valence-electron chi connectivity index (χ1n) is 4.01. The molecule has 0 heterocycles. The Morgan fingerprint density at radius 2 is 2.00 bits per heavy atom. The maximum atomic E-state index is 11.2. The molecule has 0 aliphatic heterocycles. The zero-order valence-corrected chi connectivity index (χ0v) is 10.6. The molecule has 13 heavy (non-hydrogen) atoms. The van der Waals surface area contributed by atoms with Crippen LogP contribution in [0.2, 0.25) is 0 Å². The zero-order chi connectivity index (χ0) is 10.5. The largest absolute Gasteiger partial charge is 0.377 e. The molecule has 0 saturated carbocycles. The van der Waals surface area contributed by atoms with Gasteiger partial charge in [0.1, 0.15) is 4.66 Å². The maximum absolute atomic E-state index is 11.2. The Hall–Kier alpha value is 0.350. The fourth-order valence-electron chi connectivity index (χ4n) is 0.639. The lowest BCUT2D eigenvalue weighted by Crippen LogP contribution is -2.31. The first-order chi connectivity index (χ1) is 5.90. The summed E-state index contributed by atoms with van der Waals surface area (Å²) in [6, 6.07) is 0. The van der Waals surface area contributed by atoms with Crippen LogP contribution in [0.3, 0.4) is 0 Å². The third-order valence-corrected chi connectivity index (χ3v) is 4.61. The van der Waals surface area contributed by atoms with Gasteiger partial charge >= 0.3 is 0 Å². The van der Waals surface area contributed by atoms with Crippen LogP contribution in [-0.4, -0.2) is 43.7 Å². The van der Waals surface area contributed by atoms with Crippen molar-refractivity contribution in [2.24, 2.45) is 0 Å². The molecule has 0 saturated heterocycles. The molecule has 0 spiro atoms. The van der Waals surface area contributed by atoms with E-state index in [4.69, 9.17) is 4.74 Å². The first kappa shape index (κ1) is 13.4. The van der Waals surface area contributed by atoms with Gasteiger partial charge in [-0.1, -0.05) is 15.9 Å². The van der Waals surface area contributed by atoms with Crippen molar-refractivity contribution in [1.29, 1.82) is 0 Å². The minimum absolute atomic E-state index is 0.0435. The second-order valence-electron chi connectivity index (χ2n) is 2.96. The number of alkyl halides is 1. The Kier molecular flexibility index (Phi) is 6.11. The van der Waals surface area contributed by atoms with Crippen molar-refractivity contribution >= 4 is 26.0 Å². The highest BCUT2D eigenvalue weighted by Gasteiger charge is 2.15. The van der Waals surface area contributed by atoms with Gasteiger partial charge in [0.15, 0.2) is 0 Å². The Morgan fingerprint density at radius 3 is 2.38 bits per heavy atom. The molecule has 0 amide bonds. The van der Waals surface area contributed by atoms with Crippen LogP contribution in [0.1, 0.15) is 13.8 Å². The molecule has 0 radical (unpaired) electrons. The predicted octanol–water partition coefficient (Wildman–Crippen LogP) is 1.03. The van der Waals surface area contributed by atoms with Gasteiger partial charge in [0.05, 0.1) is 12.7 Å². The summed E-state index contributed by atoms with van der Waals surface area (Å²) in [6.45, 7) is 4.66. The molecule has 0 rings (SSSR count). The van der Waals surface area contributed by atoms with Crippen LogP contribution in [0.15, 0.2) is 0 Å². The van der Waals surface area contributed by atoms with Crippen LogP contribution < -0.4 is 0 Å². The predicted molar refractivity (Wildman–Crippen MR) is 56.4 cm³/mol.